The van der Waals surface area contributed by atoms with Crippen molar-refractivity contribution in [3.05, 3.63) is 59.6 Å². The number of thiophene rings is 1. The minimum absolute atomic E-state index is 0.279. The van der Waals surface area contributed by atoms with Crippen LogP contribution in [0.5, 0.6) is 0 Å². The quantitative estimate of drug-likeness (QED) is 0.660. The molecule has 0 aliphatic heterocycles. The summed E-state index contributed by atoms with van der Waals surface area (Å²) in [6.45, 7) is -0.305. The number of para-hydroxylation sites is 1. The van der Waals surface area contributed by atoms with Crippen molar-refractivity contribution >= 4 is 23.2 Å². The predicted molar refractivity (Wildman–Crippen MR) is 95.9 cm³/mol. The van der Waals surface area contributed by atoms with Crippen molar-refractivity contribution < 1.29 is 14.3 Å². The molecule has 1 amide bonds. The predicted octanol–water partition coefficient (Wildman–Crippen LogP) is 2.85. The van der Waals surface area contributed by atoms with Gasteiger partial charge in [-0.05, 0) is 23.6 Å². The number of amides is 1. The van der Waals surface area contributed by atoms with Gasteiger partial charge in [-0.3, -0.25) is 4.79 Å². The van der Waals surface area contributed by atoms with Crippen LogP contribution in [0.3, 0.4) is 0 Å². The molecule has 0 N–H and O–H groups in total. The van der Waals surface area contributed by atoms with E-state index in [-0.39, 0.29) is 18.2 Å². The van der Waals surface area contributed by atoms with Gasteiger partial charge in [-0.1, -0.05) is 24.3 Å². The molecule has 0 aliphatic rings. The van der Waals surface area contributed by atoms with Crippen LogP contribution in [0.25, 0.3) is 16.3 Å². The third-order valence-electron chi connectivity index (χ3n) is 3.52. The van der Waals surface area contributed by atoms with Crippen LogP contribution in [-0.2, 0) is 9.53 Å². The summed E-state index contributed by atoms with van der Waals surface area (Å²) in [5, 5.41) is 6.49. The second kappa shape index (κ2) is 7.31. The van der Waals surface area contributed by atoms with Crippen molar-refractivity contribution in [1.82, 2.24) is 14.7 Å². The molecular weight excluding hydrogens is 338 g/mol. The molecular formula is C18H17N3O3S. The van der Waals surface area contributed by atoms with Gasteiger partial charge in [-0.25, -0.2) is 9.48 Å². The number of benzene rings is 1. The van der Waals surface area contributed by atoms with Crippen LogP contribution in [-0.4, -0.2) is 47.3 Å². The molecule has 0 radical (unpaired) electrons. The molecule has 128 valence electrons. The van der Waals surface area contributed by atoms with E-state index in [1.54, 1.807) is 20.2 Å². The highest BCUT2D eigenvalue weighted by atomic mass is 32.1. The number of carbonyl (C=O) groups excluding carboxylic acids is 2. The first-order valence-electron chi connectivity index (χ1n) is 7.63. The van der Waals surface area contributed by atoms with Crippen LogP contribution < -0.4 is 0 Å². The van der Waals surface area contributed by atoms with E-state index in [1.807, 2.05) is 47.8 Å². The first-order chi connectivity index (χ1) is 12.1. The number of hydrogen-bond donors (Lipinski definition) is 0. The molecule has 3 rings (SSSR count). The first kappa shape index (κ1) is 16.9. The summed E-state index contributed by atoms with van der Waals surface area (Å²) in [5.41, 5.74) is 1.71. The zero-order chi connectivity index (χ0) is 17.8. The number of aromatic nitrogens is 2. The summed E-state index contributed by atoms with van der Waals surface area (Å²) in [7, 11) is 3.22. The molecule has 0 saturated heterocycles. The monoisotopic (exact) mass is 355 g/mol. The number of esters is 1. The van der Waals surface area contributed by atoms with Gasteiger partial charge in [-0.15, -0.1) is 11.3 Å². The highest BCUT2D eigenvalue weighted by molar-refractivity contribution is 7.13. The van der Waals surface area contributed by atoms with Gasteiger partial charge in [0.25, 0.3) is 5.91 Å². The van der Waals surface area contributed by atoms with Crippen LogP contribution in [0.15, 0.2) is 53.9 Å². The number of carbonyl (C=O) groups is 2. The lowest BCUT2D eigenvalue weighted by Crippen LogP contribution is -2.28. The molecule has 0 fully saturated rings. The lowest BCUT2D eigenvalue weighted by molar-refractivity contribution is -0.131. The fraction of sp³-hybridized carbons (Fsp3) is 0.167. The minimum Gasteiger partial charge on any atom is -0.451 e. The summed E-state index contributed by atoms with van der Waals surface area (Å²) < 4.78 is 6.70. The lowest BCUT2D eigenvalue weighted by atomic mass is 10.3. The first-order valence-corrected chi connectivity index (χ1v) is 8.51. The average molecular weight is 355 g/mol. The molecule has 0 atom stereocenters. The van der Waals surface area contributed by atoms with Crippen molar-refractivity contribution in [2.75, 3.05) is 20.7 Å². The molecule has 0 saturated carbocycles. The number of hydrogen-bond acceptors (Lipinski definition) is 5. The molecule has 3 aromatic rings. The Hall–Kier alpha value is -2.93. The van der Waals surface area contributed by atoms with Gasteiger partial charge in [0.2, 0.25) is 0 Å². The number of ether oxygens (including phenoxy) is 1. The Kier molecular flexibility index (Phi) is 4.95. The lowest BCUT2D eigenvalue weighted by Gasteiger charge is -2.11. The molecule has 0 unspecified atom stereocenters. The van der Waals surface area contributed by atoms with Crippen LogP contribution in [0.4, 0.5) is 0 Å². The average Bonchev–Trinajstić information content (AvgIpc) is 3.29. The van der Waals surface area contributed by atoms with E-state index in [4.69, 9.17) is 4.74 Å². The van der Waals surface area contributed by atoms with Crippen LogP contribution in [0, 0.1) is 0 Å². The third kappa shape index (κ3) is 3.77. The number of nitrogens with zero attached hydrogens (tertiary/aromatic N) is 3. The Bertz CT molecular complexity index is 870. The SMILES string of the molecule is CN(C)C(=O)COC(=O)c1cc(-c2cccs2)nn1-c1ccccc1. The Morgan fingerprint density at radius 1 is 1.16 bits per heavy atom. The summed E-state index contributed by atoms with van der Waals surface area (Å²) >= 11 is 1.54. The van der Waals surface area contributed by atoms with Crippen molar-refractivity contribution in [2.45, 2.75) is 0 Å². The Labute approximate surface area is 149 Å². The van der Waals surface area contributed by atoms with Crippen LogP contribution >= 0.6 is 11.3 Å². The van der Waals surface area contributed by atoms with Crippen molar-refractivity contribution in [3.8, 4) is 16.3 Å². The maximum atomic E-state index is 12.5. The molecule has 0 aliphatic carbocycles. The van der Waals surface area contributed by atoms with Gasteiger partial charge in [0.05, 0.1) is 10.6 Å². The van der Waals surface area contributed by atoms with E-state index in [0.717, 1.165) is 10.6 Å². The molecule has 7 heteroatoms. The summed E-state index contributed by atoms with van der Waals surface area (Å²) in [6, 6.07) is 14.9. The van der Waals surface area contributed by atoms with E-state index in [1.165, 1.54) is 20.9 Å². The highest BCUT2D eigenvalue weighted by Crippen LogP contribution is 2.26. The topological polar surface area (TPSA) is 64.4 Å². The zero-order valence-electron chi connectivity index (χ0n) is 13.9. The van der Waals surface area contributed by atoms with Crippen LogP contribution in [0.1, 0.15) is 10.5 Å². The standard InChI is InChI=1S/C18H17N3O3S/c1-20(2)17(22)12-24-18(23)15-11-14(16-9-6-10-25-16)19-21(15)13-7-4-3-5-8-13/h3-11H,12H2,1-2H3. The fourth-order valence-corrected chi connectivity index (χ4v) is 2.85. The maximum Gasteiger partial charge on any atom is 0.357 e. The van der Waals surface area contributed by atoms with Gasteiger partial charge < -0.3 is 9.64 Å². The second-order valence-electron chi connectivity index (χ2n) is 5.50. The Morgan fingerprint density at radius 3 is 2.56 bits per heavy atom. The van der Waals surface area contributed by atoms with Gasteiger partial charge in [0.15, 0.2) is 12.3 Å². The minimum atomic E-state index is -0.589. The molecule has 2 heterocycles. The van der Waals surface area contributed by atoms with Crippen molar-refractivity contribution in [1.29, 1.82) is 0 Å². The smallest absolute Gasteiger partial charge is 0.357 e. The molecule has 0 spiro atoms. The van der Waals surface area contributed by atoms with Gasteiger partial charge >= 0.3 is 5.97 Å². The molecule has 2 aromatic heterocycles. The summed E-state index contributed by atoms with van der Waals surface area (Å²) in [6.07, 6.45) is 0. The van der Waals surface area contributed by atoms with E-state index in [9.17, 15) is 9.59 Å². The highest BCUT2D eigenvalue weighted by Gasteiger charge is 2.20. The van der Waals surface area contributed by atoms with Gasteiger partial charge in [0.1, 0.15) is 5.69 Å². The van der Waals surface area contributed by atoms with Crippen molar-refractivity contribution in [3.63, 3.8) is 0 Å². The maximum absolute atomic E-state index is 12.5. The Balaban J connectivity index is 1.94. The summed E-state index contributed by atoms with van der Waals surface area (Å²) in [4.78, 5) is 26.5. The number of rotatable bonds is 5. The van der Waals surface area contributed by atoms with E-state index >= 15 is 0 Å². The summed E-state index contributed by atoms with van der Waals surface area (Å²) in [5.74, 6) is -0.869. The molecule has 6 nitrogen and oxygen atoms in total. The largest absolute Gasteiger partial charge is 0.451 e. The molecule has 25 heavy (non-hydrogen) atoms. The van der Waals surface area contributed by atoms with Crippen molar-refractivity contribution in [2.24, 2.45) is 0 Å². The van der Waals surface area contributed by atoms with Crippen LogP contribution in [0.2, 0.25) is 0 Å². The van der Waals surface area contributed by atoms with E-state index < -0.39 is 5.97 Å². The molecule has 1 aromatic carbocycles. The number of likely N-dealkylation sites (N-methyl/N-ethyl adjacent to an activating group) is 1. The van der Waals surface area contributed by atoms with E-state index in [2.05, 4.69) is 5.10 Å². The fourth-order valence-electron chi connectivity index (χ4n) is 2.17. The van der Waals surface area contributed by atoms with Gasteiger partial charge in [-0.2, -0.15) is 5.10 Å². The normalized spacial score (nSPS) is 10.5. The molecule has 0 bridgehead atoms. The third-order valence-corrected chi connectivity index (χ3v) is 4.41. The Morgan fingerprint density at radius 2 is 1.92 bits per heavy atom. The second-order valence-corrected chi connectivity index (χ2v) is 6.45. The van der Waals surface area contributed by atoms with Gasteiger partial charge in [0, 0.05) is 20.2 Å². The zero-order valence-corrected chi connectivity index (χ0v) is 14.7. The van der Waals surface area contributed by atoms with E-state index in [0.29, 0.717) is 5.69 Å².